The number of hydrogen-bond donors (Lipinski definition) is 1. The normalized spacial score (nSPS) is 17.4. The molecule has 1 aliphatic rings. The van der Waals surface area contributed by atoms with E-state index in [9.17, 15) is 0 Å². The molecule has 25 heavy (non-hydrogen) atoms. The monoisotopic (exact) mass is 331 g/mol. The summed E-state index contributed by atoms with van der Waals surface area (Å²) in [6.07, 6.45) is 3.74. The Kier molecular flexibility index (Phi) is 4.60. The van der Waals surface area contributed by atoms with Gasteiger partial charge in [-0.15, -0.1) is 0 Å². The average Bonchev–Trinajstić information content (AvgIpc) is 2.67. The minimum atomic E-state index is 0.273. The topological polar surface area (TPSA) is 21.3 Å². The van der Waals surface area contributed by atoms with Crippen molar-refractivity contribution in [1.29, 1.82) is 0 Å². The smallest absolute Gasteiger partial charge is 0.142 e. The van der Waals surface area contributed by atoms with E-state index in [1.807, 2.05) is 18.2 Å². The summed E-state index contributed by atoms with van der Waals surface area (Å²) in [5.41, 5.74) is 2.58. The van der Waals surface area contributed by atoms with Gasteiger partial charge in [0.2, 0.25) is 0 Å². The molecule has 0 fully saturated rings. The predicted molar refractivity (Wildman–Crippen MR) is 106 cm³/mol. The summed E-state index contributed by atoms with van der Waals surface area (Å²) in [5.74, 6) is 1.55. The van der Waals surface area contributed by atoms with Crippen LogP contribution in [0.4, 0.5) is 5.69 Å². The third kappa shape index (κ3) is 3.48. The van der Waals surface area contributed by atoms with Gasteiger partial charge in [-0.2, -0.15) is 0 Å². The third-order valence-electron chi connectivity index (χ3n) is 5.22. The van der Waals surface area contributed by atoms with Crippen LogP contribution in [0.2, 0.25) is 0 Å². The van der Waals surface area contributed by atoms with Gasteiger partial charge >= 0.3 is 0 Å². The van der Waals surface area contributed by atoms with Crippen LogP contribution in [0, 0.1) is 0 Å². The fraction of sp³-hybridized carbons (Fsp3) is 0.304. The van der Waals surface area contributed by atoms with Crippen LogP contribution in [-0.2, 0) is 0 Å². The molecule has 0 saturated carbocycles. The average molecular weight is 331 g/mol. The first-order chi connectivity index (χ1) is 12.3. The van der Waals surface area contributed by atoms with Crippen LogP contribution < -0.4 is 10.1 Å². The van der Waals surface area contributed by atoms with Gasteiger partial charge in [-0.25, -0.2) is 0 Å². The van der Waals surface area contributed by atoms with Crippen molar-refractivity contribution in [2.75, 3.05) is 11.9 Å². The molecule has 1 heterocycles. The van der Waals surface area contributed by atoms with E-state index in [0.29, 0.717) is 5.92 Å². The molecule has 0 radical (unpaired) electrons. The van der Waals surface area contributed by atoms with Crippen LogP contribution in [0.3, 0.4) is 0 Å². The highest BCUT2D eigenvalue weighted by Gasteiger charge is 2.19. The molecule has 128 valence electrons. The Balaban J connectivity index is 1.36. The standard InChI is InChI=1S/C23H25NO/c1-17(20-13-7-10-18-9-2-3-12-21(18)20)8-6-11-19-16-24-22-14-4-5-15-23(22)25-19/h2-5,7,9-10,12-15,17,19,24H,6,8,11,16H2,1H3/t17-,19?/m1/s1. The highest BCUT2D eigenvalue weighted by atomic mass is 16.5. The zero-order valence-electron chi connectivity index (χ0n) is 14.7. The summed E-state index contributed by atoms with van der Waals surface area (Å²) in [5, 5.41) is 6.21. The minimum absolute atomic E-state index is 0.273. The molecule has 4 rings (SSSR count). The Hall–Kier alpha value is -2.48. The van der Waals surface area contributed by atoms with Crippen LogP contribution >= 0.6 is 0 Å². The predicted octanol–water partition coefficient (Wildman–Crippen LogP) is 5.99. The number of anilines is 1. The molecule has 0 saturated heterocycles. The summed E-state index contributed by atoms with van der Waals surface area (Å²) >= 11 is 0. The zero-order chi connectivity index (χ0) is 17.1. The first kappa shape index (κ1) is 16.0. The molecule has 1 unspecified atom stereocenters. The van der Waals surface area contributed by atoms with Crippen molar-refractivity contribution in [1.82, 2.24) is 0 Å². The van der Waals surface area contributed by atoms with E-state index in [1.54, 1.807) is 0 Å². The Morgan fingerprint density at radius 3 is 2.76 bits per heavy atom. The Bertz CT molecular complexity index is 852. The van der Waals surface area contributed by atoms with Gasteiger partial charge < -0.3 is 10.1 Å². The zero-order valence-corrected chi connectivity index (χ0v) is 14.7. The second kappa shape index (κ2) is 7.18. The van der Waals surface area contributed by atoms with E-state index >= 15 is 0 Å². The van der Waals surface area contributed by atoms with E-state index < -0.39 is 0 Å². The lowest BCUT2D eigenvalue weighted by molar-refractivity contribution is 0.191. The maximum Gasteiger partial charge on any atom is 0.142 e. The quantitative estimate of drug-likeness (QED) is 0.620. The molecule has 0 bridgehead atoms. The van der Waals surface area contributed by atoms with Crippen LogP contribution in [0.1, 0.15) is 37.7 Å². The van der Waals surface area contributed by atoms with Crippen LogP contribution in [0.25, 0.3) is 10.8 Å². The summed E-state index contributed by atoms with van der Waals surface area (Å²) in [6.45, 7) is 3.25. The molecule has 1 N–H and O–H groups in total. The van der Waals surface area contributed by atoms with Crippen molar-refractivity contribution in [3.8, 4) is 5.75 Å². The van der Waals surface area contributed by atoms with Crippen molar-refractivity contribution in [3.63, 3.8) is 0 Å². The van der Waals surface area contributed by atoms with E-state index in [0.717, 1.165) is 24.4 Å². The molecule has 0 spiro atoms. The van der Waals surface area contributed by atoms with Crippen molar-refractivity contribution >= 4 is 16.5 Å². The van der Waals surface area contributed by atoms with Gasteiger partial charge in [-0.1, -0.05) is 61.5 Å². The van der Waals surface area contributed by atoms with Gasteiger partial charge in [0.1, 0.15) is 11.9 Å². The lowest BCUT2D eigenvalue weighted by Gasteiger charge is -2.27. The lowest BCUT2D eigenvalue weighted by atomic mass is 9.90. The molecular formula is C23H25NO. The molecule has 0 aromatic heterocycles. The molecule has 2 heteroatoms. The van der Waals surface area contributed by atoms with Gasteiger partial charge in [0, 0.05) is 0 Å². The summed E-state index contributed by atoms with van der Waals surface area (Å²) < 4.78 is 6.13. The van der Waals surface area contributed by atoms with Gasteiger partial charge in [0.15, 0.2) is 0 Å². The second-order valence-electron chi connectivity index (χ2n) is 7.02. The number of benzene rings is 3. The third-order valence-corrected chi connectivity index (χ3v) is 5.22. The Morgan fingerprint density at radius 1 is 1.00 bits per heavy atom. The van der Waals surface area contributed by atoms with Gasteiger partial charge in [0.05, 0.1) is 12.2 Å². The van der Waals surface area contributed by atoms with Crippen molar-refractivity contribution < 1.29 is 4.74 Å². The van der Waals surface area contributed by atoms with Gasteiger partial charge in [-0.3, -0.25) is 0 Å². The second-order valence-corrected chi connectivity index (χ2v) is 7.02. The summed E-state index contributed by atoms with van der Waals surface area (Å²) in [7, 11) is 0. The van der Waals surface area contributed by atoms with Crippen LogP contribution in [0.15, 0.2) is 66.7 Å². The first-order valence-electron chi connectivity index (χ1n) is 9.28. The number of nitrogens with one attached hydrogen (secondary N) is 1. The highest BCUT2D eigenvalue weighted by molar-refractivity contribution is 5.86. The van der Waals surface area contributed by atoms with Crippen LogP contribution in [-0.4, -0.2) is 12.6 Å². The van der Waals surface area contributed by atoms with Crippen molar-refractivity contribution in [2.45, 2.75) is 38.2 Å². The van der Waals surface area contributed by atoms with Crippen molar-refractivity contribution in [3.05, 3.63) is 72.3 Å². The molecule has 3 aromatic carbocycles. The fourth-order valence-corrected chi connectivity index (χ4v) is 3.81. The molecule has 3 aromatic rings. The maximum atomic E-state index is 6.13. The maximum absolute atomic E-state index is 6.13. The molecular weight excluding hydrogens is 306 g/mol. The highest BCUT2D eigenvalue weighted by Crippen LogP contribution is 2.31. The van der Waals surface area contributed by atoms with Crippen molar-refractivity contribution in [2.24, 2.45) is 0 Å². The molecule has 2 nitrogen and oxygen atoms in total. The molecule has 0 amide bonds. The first-order valence-corrected chi connectivity index (χ1v) is 9.28. The summed E-state index contributed by atoms with van der Waals surface area (Å²) in [6, 6.07) is 23.6. The molecule has 0 aliphatic carbocycles. The molecule has 2 atom stereocenters. The lowest BCUT2D eigenvalue weighted by Crippen LogP contribution is -2.30. The number of fused-ring (bicyclic) bond motifs is 2. The Labute approximate surface area is 149 Å². The van der Waals surface area contributed by atoms with E-state index in [-0.39, 0.29) is 6.10 Å². The van der Waals surface area contributed by atoms with E-state index in [4.69, 9.17) is 4.74 Å². The van der Waals surface area contributed by atoms with E-state index in [1.165, 1.54) is 29.2 Å². The minimum Gasteiger partial charge on any atom is -0.486 e. The SMILES string of the molecule is C[C@H](CCCC1CNc2ccccc2O1)c1cccc2ccccc12. The largest absolute Gasteiger partial charge is 0.486 e. The number of rotatable bonds is 5. The fourth-order valence-electron chi connectivity index (χ4n) is 3.81. The number of para-hydroxylation sites is 2. The number of hydrogen-bond acceptors (Lipinski definition) is 2. The van der Waals surface area contributed by atoms with E-state index in [2.05, 4.69) is 60.8 Å². The molecule has 1 aliphatic heterocycles. The Morgan fingerprint density at radius 2 is 1.80 bits per heavy atom. The van der Waals surface area contributed by atoms with Gasteiger partial charge in [-0.05, 0) is 53.6 Å². The van der Waals surface area contributed by atoms with Gasteiger partial charge in [0.25, 0.3) is 0 Å². The summed E-state index contributed by atoms with van der Waals surface area (Å²) in [4.78, 5) is 0. The van der Waals surface area contributed by atoms with Crippen LogP contribution in [0.5, 0.6) is 5.75 Å². The number of ether oxygens (including phenoxy) is 1.